The number of ether oxygens (including phenoxy) is 1. The van der Waals surface area contributed by atoms with Gasteiger partial charge in [0.15, 0.2) is 0 Å². The van der Waals surface area contributed by atoms with Crippen molar-refractivity contribution in [3.8, 4) is 17.1 Å². The number of carbonyl (C=O) groups is 1. The second-order valence-electron chi connectivity index (χ2n) is 4.20. The van der Waals surface area contributed by atoms with Gasteiger partial charge in [-0.1, -0.05) is 18.2 Å². The van der Waals surface area contributed by atoms with Crippen LogP contribution in [-0.4, -0.2) is 27.9 Å². The van der Waals surface area contributed by atoms with Crippen molar-refractivity contribution in [2.24, 2.45) is 5.73 Å². The molecule has 2 N–H and O–H groups in total. The van der Waals surface area contributed by atoms with Crippen molar-refractivity contribution in [3.05, 3.63) is 42.6 Å². The molecule has 6 heteroatoms. The third kappa shape index (κ3) is 1.87. The highest BCUT2D eigenvalue weighted by molar-refractivity contribution is 5.98. The van der Waals surface area contributed by atoms with E-state index in [0.717, 1.165) is 10.9 Å². The Balaban J connectivity index is 2.28. The summed E-state index contributed by atoms with van der Waals surface area (Å²) >= 11 is 0. The summed E-state index contributed by atoms with van der Waals surface area (Å²) < 4.78 is 6.30. The summed E-state index contributed by atoms with van der Waals surface area (Å²) in [6.07, 6.45) is 1.63. The van der Waals surface area contributed by atoms with Crippen molar-refractivity contribution in [1.29, 1.82) is 0 Å². The number of pyridine rings is 1. The topological polar surface area (TPSA) is 83.0 Å². The summed E-state index contributed by atoms with van der Waals surface area (Å²) in [6.45, 7) is 0. The molecule has 3 rings (SSSR count). The molecule has 0 aliphatic heterocycles. The van der Waals surface area contributed by atoms with Gasteiger partial charge in [0.05, 0.1) is 12.6 Å². The molecule has 0 spiro atoms. The minimum atomic E-state index is -0.617. The first kappa shape index (κ1) is 12.2. The monoisotopic (exact) mass is 268 g/mol. The van der Waals surface area contributed by atoms with Crippen LogP contribution in [0.4, 0.5) is 4.79 Å². The summed E-state index contributed by atoms with van der Waals surface area (Å²) in [7, 11) is 1.55. The van der Waals surface area contributed by atoms with Crippen LogP contribution in [0.5, 0.6) is 5.88 Å². The van der Waals surface area contributed by atoms with Gasteiger partial charge in [-0.3, -0.25) is 0 Å². The van der Waals surface area contributed by atoms with E-state index in [0.29, 0.717) is 17.1 Å². The SMILES string of the molecule is COc1cc(-c2nn(C(N)=O)c3ccccc23)ccn1. The van der Waals surface area contributed by atoms with E-state index in [4.69, 9.17) is 10.5 Å². The minimum Gasteiger partial charge on any atom is -0.481 e. The minimum absolute atomic E-state index is 0.486. The van der Waals surface area contributed by atoms with Gasteiger partial charge in [0.25, 0.3) is 0 Å². The molecule has 20 heavy (non-hydrogen) atoms. The normalized spacial score (nSPS) is 10.7. The molecule has 100 valence electrons. The number of primary amides is 1. The van der Waals surface area contributed by atoms with Crippen molar-refractivity contribution in [2.75, 3.05) is 7.11 Å². The van der Waals surface area contributed by atoms with Crippen LogP contribution >= 0.6 is 0 Å². The molecular weight excluding hydrogens is 256 g/mol. The molecule has 1 aromatic carbocycles. The van der Waals surface area contributed by atoms with E-state index >= 15 is 0 Å². The van der Waals surface area contributed by atoms with Crippen LogP contribution in [-0.2, 0) is 0 Å². The number of carbonyl (C=O) groups excluding carboxylic acids is 1. The first-order valence-corrected chi connectivity index (χ1v) is 5.98. The summed E-state index contributed by atoms with van der Waals surface area (Å²) in [5, 5.41) is 5.14. The number of aromatic nitrogens is 3. The van der Waals surface area contributed by atoms with Crippen LogP contribution in [0.3, 0.4) is 0 Å². The van der Waals surface area contributed by atoms with E-state index in [1.807, 2.05) is 24.3 Å². The standard InChI is InChI=1S/C14H12N4O2/c1-20-12-8-9(6-7-16-12)13-10-4-2-3-5-11(10)18(17-13)14(15)19/h2-8H,1H3,(H2,15,19). The molecular formula is C14H12N4O2. The van der Waals surface area contributed by atoms with E-state index in [1.165, 1.54) is 4.68 Å². The maximum Gasteiger partial charge on any atom is 0.340 e. The first-order valence-electron chi connectivity index (χ1n) is 5.98. The Kier molecular flexibility index (Phi) is 2.83. The molecule has 0 fully saturated rings. The van der Waals surface area contributed by atoms with E-state index in [2.05, 4.69) is 10.1 Å². The Bertz CT molecular complexity index is 795. The third-order valence-corrected chi connectivity index (χ3v) is 3.01. The fraction of sp³-hybridized carbons (Fsp3) is 0.0714. The van der Waals surface area contributed by atoms with E-state index in [1.54, 1.807) is 25.4 Å². The Hall–Kier alpha value is -2.89. The van der Waals surface area contributed by atoms with E-state index in [9.17, 15) is 4.79 Å². The number of hydrogen-bond acceptors (Lipinski definition) is 4. The lowest BCUT2D eigenvalue weighted by atomic mass is 10.1. The lowest BCUT2D eigenvalue weighted by Crippen LogP contribution is -2.20. The zero-order chi connectivity index (χ0) is 14.1. The summed E-state index contributed by atoms with van der Waals surface area (Å²) in [5.41, 5.74) is 7.50. The highest BCUT2D eigenvalue weighted by Gasteiger charge is 2.15. The van der Waals surface area contributed by atoms with Crippen molar-refractivity contribution in [3.63, 3.8) is 0 Å². The van der Waals surface area contributed by atoms with Gasteiger partial charge in [-0.2, -0.15) is 9.78 Å². The van der Waals surface area contributed by atoms with Crippen molar-refractivity contribution in [2.45, 2.75) is 0 Å². The maximum absolute atomic E-state index is 11.5. The smallest absolute Gasteiger partial charge is 0.340 e. The summed E-state index contributed by atoms with van der Waals surface area (Å²) in [4.78, 5) is 15.5. The number of nitrogens with zero attached hydrogens (tertiary/aromatic N) is 3. The van der Waals surface area contributed by atoms with Gasteiger partial charge in [0, 0.05) is 23.2 Å². The highest BCUT2D eigenvalue weighted by atomic mass is 16.5. The summed E-state index contributed by atoms with van der Waals surface area (Å²) in [5.74, 6) is 0.486. The van der Waals surface area contributed by atoms with Crippen LogP contribution < -0.4 is 10.5 Å². The fourth-order valence-corrected chi connectivity index (χ4v) is 2.12. The van der Waals surface area contributed by atoms with Gasteiger partial charge in [-0.15, -0.1) is 0 Å². The Labute approximate surface area is 114 Å². The lowest BCUT2D eigenvalue weighted by Gasteiger charge is -2.01. The second-order valence-corrected chi connectivity index (χ2v) is 4.20. The number of para-hydroxylation sites is 1. The zero-order valence-electron chi connectivity index (χ0n) is 10.8. The van der Waals surface area contributed by atoms with E-state index in [-0.39, 0.29) is 0 Å². The van der Waals surface area contributed by atoms with Crippen LogP contribution in [0.15, 0.2) is 42.6 Å². The number of fused-ring (bicyclic) bond motifs is 1. The van der Waals surface area contributed by atoms with Gasteiger partial charge in [-0.25, -0.2) is 9.78 Å². The number of rotatable bonds is 2. The first-order chi connectivity index (χ1) is 9.70. The number of nitrogens with two attached hydrogens (primary N) is 1. The van der Waals surface area contributed by atoms with Crippen molar-refractivity contribution in [1.82, 2.24) is 14.8 Å². The summed E-state index contributed by atoms with van der Waals surface area (Å²) in [6, 6.07) is 10.4. The van der Waals surface area contributed by atoms with Gasteiger partial charge in [0.1, 0.15) is 5.69 Å². The van der Waals surface area contributed by atoms with Gasteiger partial charge in [0.2, 0.25) is 5.88 Å². The van der Waals surface area contributed by atoms with Crippen LogP contribution in [0.1, 0.15) is 0 Å². The molecule has 6 nitrogen and oxygen atoms in total. The molecule has 0 unspecified atom stereocenters. The second kappa shape index (κ2) is 4.65. The molecule has 0 atom stereocenters. The largest absolute Gasteiger partial charge is 0.481 e. The number of amides is 1. The Morgan fingerprint density at radius 3 is 2.85 bits per heavy atom. The predicted octanol–water partition coefficient (Wildman–Crippen LogP) is 2.03. The van der Waals surface area contributed by atoms with Crippen molar-refractivity contribution < 1.29 is 9.53 Å². The molecule has 0 bridgehead atoms. The molecule has 2 aromatic heterocycles. The van der Waals surface area contributed by atoms with Crippen LogP contribution in [0.2, 0.25) is 0 Å². The molecule has 0 saturated heterocycles. The zero-order valence-corrected chi connectivity index (χ0v) is 10.8. The Morgan fingerprint density at radius 1 is 1.30 bits per heavy atom. The van der Waals surface area contributed by atoms with Crippen LogP contribution in [0, 0.1) is 0 Å². The highest BCUT2D eigenvalue weighted by Crippen LogP contribution is 2.28. The molecule has 2 heterocycles. The number of methoxy groups -OCH3 is 1. The maximum atomic E-state index is 11.5. The quantitative estimate of drug-likeness (QED) is 0.770. The number of hydrogen-bond donors (Lipinski definition) is 1. The molecule has 0 saturated carbocycles. The third-order valence-electron chi connectivity index (χ3n) is 3.01. The van der Waals surface area contributed by atoms with E-state index < -0.39 is 6.03 Å². The van der Waals surface area contributed by atoms with Gasteiger partial charge < -0.3 is 10.5 Å². The predicted molar refractivity (Wildman–Crippen MR) is 74.5 cm³/mol. The van der Waals surface area contributed by atoms with Crippen molar-refractivity contribution >= 4 is 16.9 Å². The number of benzene rings is 1. The average molecular weight is 268 g/mol. The molecule has 0 aliphatic carbocycles. The lowest BCUT2D eigenvalue weighted by molar-refractivity contribution is 0.248. The average Bonchev–Trinajstić information content (AvgIpc) is 2.87. The molecule has 0 radical (unpaired) electrons. The Morgan fingerprint density at radius 2 is 2.10 bits per heavy atom. The van der Waals surface area contributed by atoms with Crippen LogP contribution in [0.25, 0.3) is 22.2 Å². The molecule has 0 aliphatic rings. The van der Waals surface area contributed by atoms with Gasteiger partial charge >= 0.3 is 6.03 Å². The fourth-order valence-electron chi connectivity index (χ4n) is 2.12. The molecule has 3 aromatic rings. The molecule has 1 amide bonds. The van der Waals surface area contributed by atoms with Gasteiger partial charge in [-0.05, 0) is 12.1 Å².